The Balaban J connectivity index is 1.54. The summed E-state index contributed by atoms with van der Waals surface area (Å²) >= 11 is 0. The molecule has 2 N–H and O–H groups in total. The van der Waals surface area contributed by atoms with Gasteiger partial charge in [-0.3, -0.25) is 0 Å². The first-order valence-electron chi connectivity index (χ1n) is 8.47. The van der Waals surface area contributed by atoms with Crippen molar-refractivity contribution in [3.8, 4) is 11.3 Å². The molecule has 0 fully saturated rings. The van der Waals surface area contributed by atoms with Gasteiger partial charge in [-0.25, -0.2) is 14.2 Å². The summed E-state index contributed by atoms with van der Waals surface area (Å²) in [6.07, 6.45) is 3.91. The minimum Gasteiger partial charge on any atom is -0.308 e. The summed E-state index contributed by atoms with van der Waals surface area (Å²) in [7, 11) is 0. The molecule has 0 saturated heterocycles. The van der Waals surface area contributed by atoms with Gasteiger partial charge in [-0.1, -0.05) is 18.2 Å². The number of rotatable bonds is 3. The Labute approximate surface area is 155 Å². The molecule has 2 aromatic heterocycles. The molecule has 2 heterocycles. The molecule has 4 rings (SSSR count). The predicted octanol–water partition coefficient (Wildman–Crippen LogP) is 5.09. The number of aryl methyl sites for hydroxylation is 1. The van der Waals surface area contributed by atoms with Crippen molar-refractivity contribution in [2.24, 2.45) is 0 Å². The molecule has 0 bridgehead atoms. The third-order valence-corrected chi connectivity index (χ3v) is 4.20. The van der Waals surface area contributed by atoms with Gasteiger partial charge in [0.05, 0.1) is 5.69 Å². The molecule has 0 radical (unpaired) electrons. The zero-order chi connectivity index (χ0) is 18.8. The maximum Gasteiger partial charge on any atom is 0.323 e. The molecule has 0 saturated carbocycles. The van der Waals surface area contributed by atoms with Crippen molar-refractivity contribution in [2.45, 2.75) is 6.92 Å². The minimum absolute atomic E-state index is 0.351. The van der Waals surface area contributed by atoms with Crippen LogP contribution in [0.5, 0.6) is 0 Å². The number of hydrogen-bond donors (Lipinski definition) is 2. The molecule has 6 heteroatoms. The monoisotopic (exact) mass is 360 g/mol. The van der Waals surface area contributed by atoms with E-state index >= 15 is 0 Å². The van der Waals surface area contributed by atoms with E-state index in [1.165, 1.54) is 24.3 Å². The Hall–Kier alpha value is -3.67. The summed E-state index contributed by atoms with van der Waals surface area (Å²) in [5.74, 6) is -0.351. The molecule has 0 unspecified atom stereocenters. The van der Waals surface area contributed by atoms with Crippen molar-refractivity contribution < 1.29 is 9.18 Å². The van der Waals surface area contributed by atoms with Crippen LogP contribution in [0.25, 0.3) is 16.9 Å². The first kappa shape index (κ1) is 16.8. The number of amides is 2. The zero-order valence-electron chi connectivity index (χ0n) is 14.6. The van der Waals surface area contributed by atoms with E-state index in [1.807, 2.05) is 54.0 Å². The van der Waals surface area contributed by atoms with Crippen molar-refractivity contribution in [2.75, 3.05) is 10.6 Å². The van der Waals surface area contributed by atoms with Gasteiger partial charge < -0.3 is 15.0 Å². The van der Waals surface area contributed by atoms with E-state index in [2.05, 4.69) is 15.6 Å². The molecule has 27 heavy (non-hydrogen) atoms. The fraction of sp³-hybridized carbons (Fsp3) is 0.0476. The third-order valence-electron chi connectivity index (χ3n) is 4.20. The molecule has 4 aromatic rings. The molecule has 0 aliphatic rings. The molecule has 2 amide bonds. The van der Waals surface area contributed by atoms with Gasteiger partial charge in [-0.05, 0) is 55.0 Å². The summed E-state index contributed by atoms with van der Waals surface area (Å²) < 4.78 is 14.9. The molecule has 5 nitrogen and oxygen atoms in total. The second-order valence-electron chi connectivity index (χ2n) is 6.22. The lowest BCUT2D eigenvalue weighted by Gasteiger charge is -2.08. The zero-order valence-corrected chi connectivity index (χ0v) is 14.6. The van der Waals surface area contributed by atoms with Gasteiger partial charge in [0.25, 0.3) is 0 Å². The molecule has 0 spiro atoms. The van der Waals surface area contributed by atoms with Gasteiger partial charge in [-0.15, -0.1) is 0 Å². The predicted molar refractivity (Wildman–Crippen MR) is 104 cm³/mol. The summed E-state index contributed by atoms with van der Waals surface area (Å²) in [6, 6.07) is 16.7. The number of benzene rings is 2. The van der Waals surface area contributed by atoms with Crippen LogP contribution in [0, 0.1) is 12.7 Å². The van der Waals surface area contributed by atoms with Gasteiger partial charge in [0.2, 0.25) is 0 Å². The van der Waals surface area contributed by atoms with Gasteiger partial charge in [0.15, 0.2) is 0 Å². The number of nitrogens with zero attached hydrogens (tertiary/aromatic N) is 2. The van der Waals surface area contributed by atoms with E-state index in [-0.39, 0.29) is 5.82 Å². The fourth-order valence-electron chi connectivity index (χ4n) is 2.88. The van der Waals surface area contributed by atoms with Gasteiger partial charge >= 0.3 is 6.03 Å². The van der Waals surface area contributed by atoms with Crippen LogP contribution in [0.4, 0.5) is 20.6 Å². The second kappa shape index (κ2) is 6.92. The average molecular weight is 360 g/mol. The van der Waals surface area contributed by atoms with Crippen LogP contribution in [-0.2, 0) is 0 Å². The van der Waals surface area contributed by atoms with Crippen molar-refractivity contribution in [1.82, 2.24) is 9.38 Å². The van der Waals surface area contributed by atoms with Crippen molar-refractivity contribution in [3.63, 3.8) is 0 Å². The number of pyridine rings is 1. The Bertz CT molecular complexity index is 1120. The van der Waals surface area contributed by atoms with Crippen molar-refractivity contribution in [1.29, 1.82) is 0 Å². The van der Waals surface area contributed by atoms with Crippen LogP contribution >= 0.6 is 0 Å². The molecule has 134 valence electrons. The maximum atomic E-state index is 12.9. The number of fused-ring (bicyclic) bond motifs is 1. The quantitative estimate of drug-likeness (QED) is 0.534. The number of halogens is 1. The average Bonchev–Trinajstić information content (AvgIpc) is 3.10. The Morgan fingerprint density at radius 2 is 1.78 bits per heavy atom. The summed E-state index contributed by atoms with van der Waals surface area (Å²) in [4.78, 5) is 16.8. The van der Waals surface area contributed by atoms with Crippen LogP contribution in [-0.4, -0.2) is 15.4 Å². The second-order valence-corrected chi connectivity index (χ2v) is 6.22. The number of nitrogens with one attached hydrogen (secondary N) is 2. The number of urea groups is 1. The smallest absolute Gasteiger partial charge is 0.308 e. The van der Waals surface area contributed by atoms with E-state index in [0.717, 1.165) is 22.5 Å². The Morgan fingerprint density at radius 1 is 1.00 bits per heavy atom. The van der Waals surface area contributed by atoms with Crippen LogP contribution in [0.15, 0.2) is 73.1 Å². The van der Waals surface area contributed by atoms with Crippen LogP contribution in [0.3, 0.4) is 0 Å². The first-order chi connectivity index (χ1) is 13.1. The SMILES string of the molecule is Cc1cccn2cc(-c3cccc(NC(=O)Nc4ccc(F)cc4)c3)nc12. The normalized spacial score (nSPS) is 10.7. The Morgan fingerprint density at radius 3 is 2.56 bits per heavy atom. The van der Waals surface area contributed by atoms with Crippen molar-refractivity contribution >= 4 is 23.1 Å². The highest BCUT2D eigenvalue weighted by atomic mass is 19.1. The van der Waals surface area contributed by atoms with Gasteiger partial charge in [-0.2, -0.15) is 0 Å². The molecular formula is C21H17FN4O. The fourth-order valence-corrected chi connectivity index (χ4v) is 2.88. The number of carbonyl (C=O) groups is 1. The van der Waals surface area contributed by atoms with Crippen LogP contribution in [0.2, 0.25) is 0 Å². The molecule has 0 aliphatic carbocycles. The van der Waals surface area contributed by atoms with E-state index in [9.17, 15) is 9.18 Å². The maximum absolute atomic E-state index is 12.9. The van der Waals surface area contributed by atoms with Crippen LogP contribution < -0.4 is 10.6 Å². The summed E-state index contributed by atoms with van der Waals surface area (Å²) in [5.41, 5.74) is 4.88. The summed E-state index contributed by atoms with van der Waals surface area (Å²) in [6.45, 7) is 2.02. The number of anilines is 2. The molecule has 0 aliphatic heterocycles. The lowest BCUT2D eigenvalue weighted by Crippen LogP contribution is -2.19. The van der Waals surface area contributed by atoms with E-state index in [1.54, 1.807) is 6.07 Å². The lowest BCUT2D eigenvalue weighted by molar-refractivity contribution is 0.262. The number of hydrogen-bond acceptors (Lipinski definition) is 2. The standard InChI is InChI=1S/C21H17FN4O/c1-14-4-3-11-26-13-19(25-20(14)26)15-5-2-6-18(12-15)24-21(27)23-17-9-7-16(22)8-10-17/h2-13H,1H3,(H2,23,24,27). The van der Waals surface area contributed by atoms with E-state index < -0.39 is 6.03 Å². The largest absolute Gasteiger partial charge is 0.323 e. The number of aromatic nitrogens is 2. The highest BCUT2D eigenvalue weighted by Crippen LogP contribution is 2.23. The summed E-state index contributed by atoms with van der Waals surface area (Å²) in [5, 5.41) is 5.45. The highest BCUT2D eigenvalue weighted by molar-refractivity contribution is 6.00. The van der Waals surface area contributed by atoms with Crippen molar-refractivity contribution in [3.05, 3.63) is 84.4 Å². The van der Waals surface area contributed by atoms with E-state index in [4.69, 9.17) is 0 Å². The molecule has 0 atom stereocenters. The van der Waals surface area contributed by atoms with Gasteiger partial charge in [0, 0.05) is 29.3 Å². The van der Waals surface area contributed by atoms with Gasteiger partial charge in [0.1, 0.15) is 11.5 Å². The lowest BCUT2D eigenvalue weighted by atomic mass is 10.1. The molecular weight excluding hydrogens is 343 g/mol. The third kappa shape index (κ3) is 3.64. The topological polar surface area (TPSA) is 58.4 Å². The first-order valence-corrected chi connectivity index (χ1v) is 8.47. The number of carbonyl (C=O) groups excluding carboxylic acids is 1. The minimum atomic E-state index is -0.399. The Kier molecular flexibility index (Phi) is 4.30. The van der Waals surface area contributed by atoms with Crippen LogP contribution in [0.1, 0.15) is 5.56 Å². The highest BCUT2D eigenvalue weighted by Gasteiger charge is 2.08. The molecule has 2 aromatic carbocycles. The number of imidazole rings is 1. The van der Waals surface area contributed by atoms with E-state index in [0.29, 0.717) is 11.4 Å².